The summed E-state index contributed by atoms with van der Waals surface area (Å²) in [7, 11) is 0. The van der Waals surface area contributed by atoms with Gasteiger partial charge in [-0.3, -0.25) is 0 Å². The summed E-state index contributed by atoms with van der Waals surface area (Å²) in [5.41, 5.74) is -0.0561. The Morgan fingerprint density at radius 3 is 2.54 bits per heavy atom. The summed E-state index contributed by atoms with van der Waals surface area (Å²) in [4.78, 5) is 14.1. The molecule has 1 amide bonds. The van der Waals surface area contributed by atoms with E-state index in [2.05, 4.69) is 26.1 Å². The Kier molecular flexibility index (Phi) is 8.55. The zero-order valence-electron chi connectivity index (χ0n) is 16.9. The molecule has 0 aromatic heterocycles. The number of nitrogens with zero attached hydrogens (tertiary/aromatic N) is 1. The van der Waals surface area contributed by atoms with Crippen molar-refractivity contribution in [3.63, 3.8) is 0 Å². The Morgan fingerprint density at radius 2 is 1.92 bits per heavy atom. The lowest BCUT2D eigenvalue weighted by atomic mass is 9.86. The lowest BCUT2D eigenvalue weighted by molar-refractivity contribution is 0.0165. The third kappa shape index (κ3) is 8.91. The van der Waals surface area contributed by atoms with Crippen molar-refractivity contribution in [1.29, 1.82) is 0 Å². The molecule has 1 aliphatic heterocycles. The van der Waals surface area contributed by atoms with E-state index < -0.39 is 5.60 Å². The Balaban J connectivity index is 2.32. The highest BCUT2D eigenvalue weighted by molar-refractivity contribution is 5.68. The van der Waals surface area contributed by atoms with Crippen LogP contribution in [-0.2, 0) is 4.74 Å². The van der Waals surface area contributed by atoms with E-state index in [1.54, 1.807) is 0 Å². The molecule has 1 atom stereocenters. The van der Waals surface area contributed by atoms with Crippen molar-refractivity contribution in [2.75, 3.05) is 26.2 Å². The number of rotatable bonds is 8. The second kappa shape index (κ2) is 9.65. The van der Waals surface area contributed by atoms with Gasteiger partial charge in [-0.05, 0) is 57.9 Å². The number of carbonyl (C=O) groups excluding carboxylic acids is 1. The topological polar surface area (TPSA) is 41.6 Å². The molecule has 0 bridgehead atoms. The summed E-state index contributed by atoms with van der Waals surface area (Å²) in [6, 6.07) is 0. The van der Waals surface area contributed by atoms with Crippen molar-refractivity contribution in [1.82, 2.24) is 10.2 Å². The number of hydrogen-bond acceptors (Lipinski definition) is 3. The number of hydrogen-bond donors (Lipinski definition) is 1. The van der Waals surface area contributed by atoms with E-state index in [1.807, 2.05) is 25.7 Å². The van der Waals surface area contributed by atoms with E-state index in [0.29, 0.717) is 11.3 Å². The summed E-state index contributed by atoms with van der Waals surface area (Å²) >= 11 is 0. The van der Waals surface area contributed by atoms with Crippen LogP contribution in [0.25, 0.3) is 0 Å². The van der Waals surface area contributed by atoms with Crippen molar-refractivity contribution in [2.24, 2.45) is 11.3 Å². The van der Waals surface area contributed by atoms with Crippen LogP contribution >= 0.6 is 0 Å². The van der Waals surface area contributed by atoms with Crippen LogP contribution < -0.4 is 5.32 Å². The van der Waals surface area contributed by atoms with Gasteiger partial charge in [0.1, 0.15) is 5.60 Å². The Labute approximate surface area is 149 Å². The average molecular weight is 341 g/mol. The monoisotopic (exact) mass is 340 g/mol. The highest BCUT2D eigenvalue weighted by Crippen LogP contribution is 2.23. The first-order valence-electron chi connectivity index (χ1n) is 9.81. The van der Waals surface area contributed by atoms with Gasteiger partial charge >= 0.3 is 6.09 Å². The number of carbonyl (C=O) groups is 1. The Hall–Kier alpha value is -0.770. The van der Waals surface area contributed by atoms with Gasteiger partial charge in [-0.25, -0.2) is 4.79 Å². The minimum absolute atomic E-state index is 0.160. The molecule has 0 spiro atoms. The molecule has 24 heavy (non-hydrogen) atoms. The van der Waals surface area contributed by atoms with E-state index in [-0.39, 0.29) is 6.09 Å². The molecule has 0 aromatic rings. The normalized spacial score (nSPS) is 19.4. The predicted molar refractivity (Wildman–Crippen MR) is 101 cm³/mol. The maximum Gasteiger partial charge on any atom is 0.410 e. The van der Waals surface area contributed by atoms with Gasteiger partial charge in [0.2, 0.25) is 0 Å². The molecule has 0 saturated carbocycles. The van der Waals surface area contributed by atoms with Gasteiger partial charge in [0.05, 0.1) is 0 Å². The summed E-state index contributed by atoms with van der Waals surface area (Å²) in [5.74, 6) is 0.540. The highest BCUT2D eigenvalue weighted by Gasteiger charge is 2.27. The number of unbranched alkanes of at least 4 members (excludes halogenated alkanes) is 2. The average Bonchev–Trinajstić information content (AvgIpc) is 2.46. The lowest BCUT2D eigenvalue weighted by Gasteiger charge is -2.35. The molecule has 1 fully saturated rings. The zero-order chi connectivity index (χ0) is 18.2. The second-order valence-electron chi connectivity index (χ2n) is 9.19. The molecule has 1 N–H and O–H groups in total. The van der Waals surface area contributed by atoms with Crippen molar-refractivity contribution >= 4 is 6.09 Å². The quantitative estimate of drug-likeness (QED) is 0.643. The van der Waals surface area contributed by atoms with E-state index in [4.69, 9.17) is 4.74 Å². The molecule has 1 unspecified atom stereocenters. The summed E-state index contributed by atoms with van der Waals surface area (Å²) in [6.07, 6.45) is 7.33. The fourth-order valence-electron chi connectivity index (χ4n) is 3.28. The maximum absolute atomic E-state index is 12.2. The molecule has 1 aliphatic rings. The summed E-state index contributed by atoms with van der Waals surface area (Å²) < 4.78 is 5.51. The van der Waals surface area contributed by atoms with Crippen molar-refractivity contribution in [3.05, 3.63) is 0 Å². The molecule has 0 aromatic carbocycles. The minimum atomic E-state index is -0.412. The van der Waals surface area contributed by atoms with Crippen LogP contribution in [-0.4, -0.2) is 42.8 Å². The van der Waals surface area contributed by atoms with Gasteiger partial charge < -0.3 is 15.0 Å². The second-order valence-corrected chi connectivity index (χ2v) is 9.19. The fraction of sp³-hybridized carbons (Fsp3) is 0.950. The van der Waals surface area contributed by atoms with Gasteiger partial charge in [0, 0.05) is 19.6 Å². The molecule has 0 radical (unpaired) electrons. The summed E-state index contributed by atoms with van der Waals surface area (Å²) in [5, 5.41) is 3.65. The molecule has 1 heterocycles. The third-order valence-corrected chi connectivity index (χ3v) is 4.66. The van der Waals surface area contributed by atoms with E-state index in [1.165, 1.54) is 32.1 Å². The van der Waals surface area contributed by atoms with Crippen LogP contribution in [0.1, 0.15) is 80.1 Å². The molecular formula is C20H40N2O2. The van der Waals surface area contributed by atoms with Crippen LogP contribution in [0.4, 0.5) is 4.79 Å². The molecule has 142 valence electrons. The minimum Gasteiger partial charge on any atom is -0.444 e. The van der Waals surface area contributed by atoms with Gasteiger partial charge in [0.15, 0.2) is 0 Å². The predicted octanol–water partition coefficient (Wildman–Crippen LogP) is 4.83. The largest absolute Gasteiger partial charge is 0.444 e. The van der Waals surface area contributed by atoms with E-state index in [0.717, 1.165) is 32.6 Å². The van der Waals surface area contributed by atoms with Crippen LogP contribution in [0.2, 0.25) is 0 Å². The van der Waals surface area contributed by atoms with Crippen molar-refractivity contribution in [3.8, 4) is 0 Å². The van der Waals surface area contributed by atoms with E-state index in [9.17, 15) is 4.79 Å². The number of piperidine rings is 1. The summed E-state index contributed by atoms with van der Waals surface area (Å²) in [6.45, 7) is 16.4. The lowest BCUT2D eigenvalue weighted by Crippen LogP contribution is -2.45. The van der Waals surface area contributed by atoms with Gasteiger partial charge in [-0.1, -0.05) is 40.0 Å². The zero-order valence-corrected chi connectivity index (χ0v) is 16.9. The highest BCUT2D eigenvalue weighted by atomic mass is 16.6. The molecule has 0 aliphatic carbocycles. The van der Waals surface area contributed by atoms with Crippen molar-refractivity contribution < 1.29 is 9.53 Å². The number of amides is 1. The third-order valence-electron chi connectivity index (χ3n) is 4.66. The Bertz CT molecular complexity index is 374. The van der Waals surface area contributed by atoms with Crippen LogP contribution in [0.3, 0.4) is 0 Å². The van der Waals surface area contributed by atoms with Crippen molar-refractivity contribution in [2.45, 2.75) is 85.7 Å². The van der Waals surface area contributed by atoms with Crippen LogP contribution in [0.15, 0.2) is 0 Å². The standard InChI is InChI=1S/C20H40N2O2/c1-7-8-9-12-20(5,6)16-21-14-17-11-10-13-22(15-17)18(23)24-19(2,3)4/h17,21H,7-16H2,1-6H3. The molecule has 4 nitrogen and oxygen atoms in total. The fourth-order valence-corrected chi connectivity index (χ4v) is 3.28. The van der Waals surface area contributed by atoms with E-state index >= 15 is 0 Å². The van der Waals surface area contributed by atoms with Crippen LogP contribution in [0, 0.1) is 11.3 Å². The van der Waals surface area contributed by atoms with Crippen LogP contribution in [0.5, 0.6) is 0 Å². The molecule has 4 heteroatoms. The SMILES string of the molecule is CCCCCC(C)(C)CNCC1CCCN(C(=O)OC(C)(C)C)C1. The van der Waals surface area contributed by atoms with Gasteiger partial charge in [-0.2, -0.15) is 0 Å². The molecule has 1 rings (SSSR count). The van der Waals surface area contributed by atoms with Gasteiger partial charge in [0.25, 0.3) is 0 Å². The first kappa shape index (κ1) is 21.3. The number of ether oxygens (including phenoxy) is 1. The van der Waals surface area contributed by atoms with Gasteiger partial charge in [-0.15, -0.1) is 0 Å². The maximum atomic E-state index is 12.2. The number of nitrogens with one attached hydrogen (secondary N) is 1. The Morgan fingerprint density at radius 1 is 1.21 bits per heavy atom. The molecular weight excluding hydrogens is 300 g/mol. The molecule has 1 saturated heterocycles. The first-order valence-corrected chi connectivity index (χ1v) is 9.81. The number of likely N-dealkylation sites (tertiary alicyclic amines) is 1. The first-order chi connectivity index (χ1) is 11.1. The smallest absolute Gasteiger partial charge is 0.410 e.